The van der Waals surface area contributed by atoms with Crippen LogP contribution in [0.4, 0.5) is 11.5 Å². The summed E-state index contributed by atoms with van der Waals surface area (Å²) in [6.07, 6.45) is 11.5. The third kappa shape index (κ3) is 7.62. The van der Waals surface area contributed by atoms with Crippen molar-refractivity contribution in [2.75, 3.05) is 36.5 Å². The van der Waals surface area contributed by atoms with Gasteiger partial charge in [0.05, 0.1) is 18.8 Å². The Morgan fingerprint density at radius 3 is 2.76 bits per heavy atom. The van der Waals surface area contributed by atoms with Gasteiger partial charge in [-0.3, -0.25) is 9.79 Å². The van der Waals surface area contributed by atoms with Crippen molar-refractivity contribution in [1.82, 2.24) is 10.3 Å². The second-order valence-electron chi connectivity index (χ2n) is 10.2. The molecule has 1 aliphatic heterocycles. The molecule has 4 rings (SSSR count). The summed E-state index contributed by atoms with van der Waals surface area (Å²) in [5.41, 5.74) is 5.09. The van der Waals surface area contributed by atoms with Gasteiger partial charge in [0.25, 0.3) is 5.91 Å². The van der Waals surface area contributed by atoms with E-state index in [0.717, 1.165) is 49.4 Å². The maximum Gasteiger partial charge on any atom is 0.257 e. The minimum Gasteiger partial charge on any atom is -0.378 e. The topological polar surface area (TPSA) is 78.9 Å². The summed E-state index contributed by atoms with van der Waals surface area (Å²) in [4.78, 5) is 24.3. The average Bonchev–Trinajstić information content (AvgIpc) is 2.93. The predicted octanol–water partition coefficient (Wildman–Crippen LogP) is 5.93. The number of carbonyl (C=O) groups is 1. The smallest absolute Gasteiger partial charge is 0.257 e. The zero-order valence-corrected chi connectivity index (χ0v) is 23.1. The fourth-order valence-electron chi connectivity index (χ4n) is 4.97. The molecule has 2 N–H and O–H groups in total. The van der Waals surface area contributed by atoms with Gasteiger partial charge in [0.15, 0.2) is 0 Å². The van der Waals surface area contributed by atoms with E-state index in [0.29, 0.717) is 24.7 Å². The molecule has 0 bridgehead atoms. The first kappa shape index (κ1) is 27.7. The summed E-state index contributed by atoms with van der Waals surface area (Å²) in [5, 5.41) is 6.62. The van der Waals surface area contributed by atoms with Crippen molar-refractivity contribution >= 4 is 23.6 Å². The average molecular weight is 516 g/mol. The summed E-state index contributed by atoms with van der Waals surface area (Å²) in [5.74, 6) is 1.15. The van der Waals surface area contributed by atoms with Gasteiger partial charge in [-0.15, -0.1) is 0 Å². The molecule has 1 amide bonds. The first-order valence-electron chi connectivity index (χ1n) is 13.8. The van der Waals surface area contributed by atoms with Crippen molar-refractivity contribution < 1.29 is 9.53 Å². The zero-order valence-electron chi connectivity index (χ0n) is 23.1. The van der Waals surface area contributed by atoms with Crippen molar-refractivity contribution in [2.24, 2.45) is 10.9 Å². The number of aliphatic imine (C=N–C) groups is 1. The van der Waals surface area contributed by atoms with Crippen LogP contribution in [0.15, 0.2) is 71.0 Å². The number of rotatable bonds is 9. The highest BCUT2D eigenvalue weighted by atomic mass is 16.5. The molecule has 2 heterocycles. The summed E-state index contributed by atoms with van der Waals surface area (Å²) < 4.78 is 5.40. The molecule has 1 aliphatic carbocycles. The molecule has 2 unspecified atom stereocenters. The predicted molar refractivity (Wildman–Crippen MR) is 156 cm³/mol. The Hall–Kier alpha value is -3.29. The highest BCUT2D eigenvalue weighted by molar-refractivity contribution is 6.04. The number of amides is 1. The number of nitrogens with zero attached hydrogens (tertiary/aromatic N) is 3. The molecule has 0 saturated carbocycles. The van der Waals surface area contributed by atoms with Gasteiger partial charge >= 0.3 is 0 Å². The molecular formula is C31H41N5O2. The van der Waals surface area contributed by atoms with Crippen LogP contribution in [0.3, 0.4) is 0 Å². The van der Waals surface area contributed by atoms with Crippen LogP contribution in [0.1, 0.15) is 68.9 Å². The Morgan fingerprint density at radius 2 is 2.05 bits per heavy atom. The third-order valence-corrected chi connectivity index (χ3v) is 7.09. The fraction of sp³-hybridized carbons (Fsp3) is 0.452. The van der Waals surface area contributed by atoms with Crippen LogP contribution in [-0.4, -0.2) is 49.5 Å². The number of aromatic nitrogens is 1. The van der Waals surface area contributed by atoms with Gasteiger partial charge in [0, 0.05) is 54.9 Å². The van der Waals surface area contributed by atoms with E-state index in [1.54, 1.807) is 6.20 Å². The molecule has 1 fully saturated rings. The Bertz CT molecular complexity index is 1170. The molecule has 3 atom stereocenters. The number of hydrogen-bond donors (Lipinski definition) is 2. The first-order valence-corrected chi connectivity index (χ1v) is 13.8. The van der Waals surface area contributed by atoms with E-state index in [1.807, 2.05) is 36.5 Å². The molecule has 202 valence electrons. The number of allylic oxidation sites excluding steroid dienone is 4. The second kappa shape index (κ2) is 13.5. The Balaban J connectivity index is 1.31. The van der Waals surface area contributed by atoms with Gasteiger partial charge in [-0.2, -0.15) is 0 Å². The molecule has 2 aliphatic rings. The van der Waals surface area contributed by atoms with Gasteiger partial charge in [0.2, 0.25) is 0 Å². The van der Waals surface area contributed by atoms with E-state index in [-0.39, 0.29) is 18.0 Å². The molecule has 2 aromatic rings. The summed E-state index contributed by atoms with van der Waals surface area (Å²) in [7, 11) is 0. The van der Waals surface area contributed by atoms with E-state index in [2.05, 4.69) is 66.4 Å². The minimum absolute atomic E-state index is 0.0969. The molecule has 0 spiro atoms. The lowest BCUT2D eigenvalue weighted by atomic mass is 9.89. The minimum atomic E-state index is -0.170. The monoisotopic (exact) mass is 515 g/mol. The molecule has 7 nitrogen and oxygen atoms in total. The van der Waals surface area contributed by atoms with Crippen LogP contribution in [0.5, 0.6) is 0 Å². The summed E-state index contributed by atoms with van der Waals surface area (Å²) >= 11 is 0. The standard InChI is InChI=1S/C31H41N5O2/c1-5-7-25-10-12-29(22(2)18-25)32-20-23(3)34-24(4)26-8-6-9-28(19-26)35-31(37)27-11-13-30(33-21-27)36-14-16-38-17-15-36/h6-9,11-13,19-24,34H,5,10,14-18H2,1-4H3,(H,35,37)/t22?,23?,24-/m0/s1. The fourth-order valence-corrected chi connectivity index (χ4v) is 4.97. The van der Waals surface area contributed by atoms with Crippen molar-refractivity contribution in [2.45, 2.75) is 59.0 Å². The molecule has 1 saturated heterocycles. The van der Waals surface area contributed by atoms with Crippen LogP contribution in [-0.2, 0) is 4.74 Å². The Morgan fingerprint density at radius 1 is 1.24 bits per heavy atom. The molecule has 7 heteroatoms. The van der Waals surface area contributed by atoms with E-state index >= 15 is 0 Å². The van der Waals surface area contributed by atoms with Crippen LogP contribution < -0.4 is 15.5 Å². The maximum absolute atomic E-state index is 12.9. The zero-order chi connectivity index (χ0) is 26.9. The van der Waals surface area contributed by atoms with E-state index in [9.17, 15) is 4.79 Å². The third-order valence-electron chi connectivity index (χ3n) is 7.09. The number of anilines is 2. The molecule has 1 aromatic carbocycles. The largest absolute Gasteiger partial charge is 0.378 e. The number of carbonyl (C=O) groups excluding carboxylic acids is 1. The lowest BCUT2D eigenvalue weighted by Gasteiger charge is -2.27. The number of benzene rings is 1. The van der Waals surface area contributed by atoms with Crippen LogP contribution in [0.2, 0.25) is 0 Å². The number of pyridine rings is 1. The number of ether oxygens (including phenoxy) is 1. The molecule has 38 heavy (non-hydrogen) atoms. The highest BCUT2D eigenvalue weighted by Crippen LogP contribution is 2.29. The second-order valence-corrected chi connectivity index (χ2v) is 10.2. The van der Waals surface area contributed by atoms with Gasteiger partial charge in [-0.25, -0.2) is 4.98 Å². The van der Waals surface area contributed by atoms with Gasteiger partial charge in [-0.05, 0) is 62.9 Å². The number of nitrogens with one attached hydrogen (secondary N) is 2. The molecule has 0 radical (unpaired) electrons. The van der Waals surface area contributed by atoms with Crippen molar-refractivity contribution in [3.05, 3.63) is 77.1 Å². The highest BCUT2D eigenvalue weighted by Gasteiger charge is 2.17. The van der Waals surface area contributed by atoms with Gasteiger partial charge in [-0.1, -0.05) is 43.7 Å². The lowest BCUT2D eigenvalue weighted by Crippen LogP contribution is -2.36. The molecular weight excluding hydrogens is 474 g/mol. The van der Waals surface area contributed by atoms with Crippen LogP contribution in [0.25, 0.3) is 0 Å². The SMILES string of the molecule is CCC=C1CC=C(N=CC(C)N[C@@H](C)c2cccc(NC(=O)c3ccc(N4CCOCC4)nc3)c2)C(C)C1. The van der Waals surface area contributed by atoms with Crippen molar-refractivity contribution in [3.63, 3.8) is 0 Å². The number of hydrogen-bond acceptors (Lipinski definition) is 6. The summed E-state index contributed by atoms with van der Waals surface area (Å²) in [6, 6.07) is 11.9. The maximum atomic E-state index is 12.9. The Labute approximate surface area is 227 Å². The van der Waals surface area contributed by atoms with Gasteiger partial charge in [0.1, 0.15) is 5.82 Å². The quantitative estimate of drug-likeness (QED) is 0.320. The normalized spacial score (nSPS) is 20.8. The number of morpholine rings is 1. The van der Waals surface area contributed by atoms with Crippen LogP contribution in [0, 0.1) is 5.92 Å². The van der Waals surface area contributed by atoms with E-state index < -0.39 is 0 Å². The van der Waals surface area contributed by atoms with Crippen molar-refractivity contribution in [3.8, 4) is 0 Å². The van der Waals surface area contributed by atoms with E-state index in [4.69, 9.17) is 9.73 Å². The summed E-state index contributed by atoms with van der Waals surface area (Å²) in [6.45, 7) is 11.7. The van der Waals surface area contributed by atoms with Gasteiger partial charge < -0.3 is 20.3 Å². The lowest BCUT2D eigenvalue weighted by molar-refractivity contribution is 0.102. The molecule has 1 aromatic heterocycles. The van der Waals surface area contributed by atoms with Crippen molar-refractivity contribution in [1.29, 1.82) is 0 Å². The Kier molecular flexibility index (Phi) is 9.85. The van der Waals surface area contributed by atoms with E-state index in [1.165, 1.54) is 11.3 Å². The van der Waals surface area contributed by atoms with Crippen LogP contribution >= 0.6 is 0 Å². The first-order chi connectivity index (χ1) is 18.4.